The summed E-state index contributed by atoms with van der Waals surface area (Å²) in [6, 6.07) is 5.21. The number of nitrogens with zero attached hydrogens (tertiary/aromatic N) is 5. The van der Waals surface area contributed by atoms with Crippen LogP contribution in [-0.4, -0.2) is 52.7 Å². The molecule has 0 atom stereocenters. The summed E-state index contributed by atoms with van der Waals surface area (Å²) in [6.45, 7) is 7.50. The van der Waals surface area contributed by atoms with E-state index in [9.17, 15) is 10.1 Å². The van der Waals surface area contributed by atoms with E-state index < -0.39 is 0 Å². The molecule has 2 aromatic rings. The fourth-order valence-electron chi connectivity index (χ4n) is 2.97. The van der Waals surface area contributed by atoms with Crippen molar-refractivity contribution >= 4 is 11.4 Å². The number of rotatable bonds is 6. The minimum atomic E-state index is -0.366. The number of ether oxygens (including phenoxy) is 1. The lowest BCUT2D eigenvalue weighted by atomic mass is 10.2. The molecule has 0 radical (unpaired) electrons. The Kier molecular flexibility index (Phi) is 5.13. The summed E-state index contributed by atoms with van der Waals surface area (Å²) >= 11 is 0. The van der Waals surface area contributed by atoms with Crippen molar-refractivity contribution in [1.29, 1.82) is 0 Å². The molecular formula is C16H21N5O4. The predicted molar refractivity (Wildman–Crippen MR) is 90.8 cm³/mol. The van der Waals surface area contributed by atoms with Gasteiger partial charge in [0.05, 0.1) is 18.1 Å². The zero-order valence-electron chi connectivity index (χ0n) is 14.3. The maximum atomic E-state index is 11.5. The van der Waals surface area contributed by atoms with E-state index in [1.54, 1.807) is 25.1 Å². The summed E-state index contributed by atoms with van der Waals surface area (Å²) in [5.41, 5.74) is 0.637. The number of nitro groups is 1. The molecule has 3 rings (SSSR count). The van der Waals surface area contributed by atoms with Crippen LogP contribution in [0.25, 0.3) is 0 Å². The number of piperazine rings is 1. The van der Waals surface area contributed by atoms with Crippen LogP contribution in [0.5, 0.6) is 5.75 Å². The molecule has 9 heteroatoms. The zero-order chi connectivity index (χ0) is 17.8. The third kappa shape index (κ3) is 3.87. The van der Waals surface area contributed by atoms with Gasteiger partial charge in [0.1, 0.15) is 5.69 Å². The summed E-state index contributed by atoms with van der Waals surface area (Å²) in [5, 5.41) is 15.4. The molecule has 1 aliphatic heterocycles. The fraction of sp³-hybridized carbons (Fsp3) is 0.500. The first-order valence-corrected chi connectivity index (χ1v) is 8.25. The number of anilines is 1. The van der Waals surface area contributed by atoms with E-state index in [-0.39, 0.29) is 10.6 Å². The molecule has 0 saturated carbocycles. The quantitative estimate of drug-likeness (QED) is 0.578. The Balaban J connectivity index is 1.70. The van der Waals surface area contributed by atoms with Crippen LogP contribution in [0.1, 0.15) is 18.6 Å². The fourth-order valence-corrected chi connectivity index (χ4v) is 2.97. The number of para-hydroxylation sites is 1. The van der Waals surface area contributed by atoms with Gasteiger partial charge in [0.15, 0.2) is 11.6 Å². The van der Waals surface area contributed by atoms with Gasteiger partial charge < -0.3 is 14.2 Å². The summed E-state index contributed by atoms with van der Waals surface area (Å²) in [7, 11) is 0. The first kappa shape index (κ1) is 17.2. The average Bonchev–Trinajstić information content (AvgIpc) is 3.00. The van der Waals surface area contributed by atoms with Crippen LogP contribution < -0.4 is 9.64 Å². The largest absolute Gasteiger partial charge is 0.487 e. The van der Waals surface area contributed by atoms with Gasteiger partial charge in [0, 0.05) is 33.1 Å². The van der Waals surface area contributed by atoms with E-state index in [0.29, 0.717) is 49.4 Å². The predicted octanol–water partition coefficient (Wildman–Crippen LogP) is 2.01. The Hall–Kier alpha value is -2.68. The molecule has 2 heterocycles. The monoisotopic (exact) mass is 347 g/mol. The first-order chi connectivity index (χ1) is 12.1. The third-order valence-electron chi connectivity index (χ3n) is 4.11. The minimum absolute atomic E-state index is 0.0339. The number of hydrogen-bond acceptors (Lipinski definition) is 8. The highest BCUT2D eigenvalue weighted by Crippen LogP contribution is 2.37. The van der Waals surface area contributed by atoms with E-state index in [2.05, 4.69) is 15.0 Å². The van der Waals surface area contributed by atoms with Crippen molar-refractivity contribution in [1.82, 2.24) is 15.0 Å². The van der Waals surface area contributed by atoms with Gasteiger partial charge in [0.2, 0.25) is 5.89 Å². The smallest absolute Gasteiger partial charge is 0.333 e. The molecule has 9 nitrogen and oxygen atoms in total. The Morgan fingerprint density at radius 3 is 2.68 bits per heavy atom. The maximum Gasteiger partial charge on any atom is 0.333 e. The molecule has 1 aromatic heterocycles. The van der Waals surface area contributed by atoms with Crippen LogP contribution in [0, 0.1) is 17.0 Å². The van der Waals surface area contributed by atoms with Crippen molar-refractivity contribution in [2.75, 3.05) is 37.7 Å². The molecule has 0 N–H and O–H groups in total. The second-order valence-electron chi connectivity index (χ2n) is 5.81. The van der Waals surface area contributed by atoms with Crippen molar-refractivity contribution in [2.45, 2.75) is 20.4 Å². The van der Waals surface area contributed by atoms with Gasteiger partial charge in [-0.05, 0) is 19.1 Å². The van der Waals surface area contributed by atoms with Gasteiger partial charge in [-0.1, -0.05) is 11.2 Å². The molecule has 1 aliphatic rings. The summed E-state index contributed by atoms with van der Waals surface area (Å²) < 4.78 is 10.4. The first-order valence-electron chi connectivity index (χ1n) is 8.25. The number of aromatic nitrogens is 2. The molecule has 25 heavy (non-hydrogen) atoms. The van der Waals surface area contributed by atoms with Gasteiger partial charge in [-0.3, -0.25) is 15.0 Å². The Morgan fingerprint density at radius 2 is 2.08 bits per heavy atom. The van der Waals surface area contributed by atoms with Crippen molar-refractivity contribution in [2.24, 2.45) is 0 Å². The molecule has 1 aromatic carbocycles. The van der Waals surface area contributed by atoms with Gasteiger partial charge in [-0.25, -0.2) is 0 Å². The van der Waals surface area contributed by atoms with E-state index in [4.69, 9.17) is 9.26 Å². The lowest BCUT2D eigenvalue weighted by molar-refractivity contribution is -0.385. The second-order valence-corrected chi connectivity index (χ2v) is 5.81. The van der Waals surface area contributed by atoms with Crippen molar-refractivity contribution in [3.63, 3.8) is 0 Å². The van der Waals surface area contributed by atoms with E-state index in [0.717, 1.165) is 13.1 Å². The summed E-state index contributed by atoms with van der Waals surface area (Å²) in [6.07, 6.45) is 0. The molecule has 0 bridgehead atoms. The number of benzene rings is 1. The Bertz CT molecular complexity index is 740. The standard InChI is InChI=1S/C16H21N5O4/c1-3-24-14-6-4-5-13(16(14)21(22)23)20-9-7-19(8-10-20)11-15-17-12(2)25-18-15/h4-6H,3,7-11H2,1-2H3. The topological polar surface area (TPSA) is 97.8 Å². The van der Waals surface area contributed by atoms with E-state index in [1.807, 2.05) is 11.8 Å². The Morgan fingerprint density at radius 1 is 1.32 bits per heavy atom. The van der Waals surface area contributed by atoms with Gasteiger partial charge in [-0.15, -0.1) is 0 Å². The van der Waals surface area contributed by atoms with E-state index in [1.165, 1.54) is 0 Å². The van der Waals surface area contributed by atoms with Crippen molar-refractivity contribution in [3.05, 3.63) is 40.0 Å². The zero-order valence-corrected chi connectivity index (χ0v) is 14.3. The average molecular weight is 347 g/mol. The van der Waals surface area contributed by atoms with Crippen molar-refractivity contribution in [3.8, 4) is 5.75 Å². The third-order valence-corrected chi connectivity index (χ3v) is 4.11. The van der Waals surface area contributed by atoms with Crippen LogP contribution >= 0.6 is 0 Å². The summed E-state index contributed by atoms with van der Waals surface area (Å²) in [5.74, 6) is 1.53. The SMILES string of the molecule is CCOc1cccc(N2CCN(Cc3noc(C)n3)CC2)c1[N+](=O)[O-]. The lowest BCUT2D eigenvalue weighted by Gasteiger charge is -2.35. The minimum Gasteiger partial charge on any atom is -0.487 e. The molecule has 134 valence electrons. The molecule has 0 spiro atoms. The van der Waals surface area contributed by atoms with Crippen LogP contribution in [0.15, 0.2) is 22.7 Å². The lowest BCUT2D eigenvalue weighted by Crippen LogP contribution is -2.46. The molecular weight excluding hydrogens is 326 g/mol. The van der Waals surface area contributed by atoms with Crippen LogP contribution in [0.2, 0.25) is 0 Å². The molecule has 1 fully saturated rings. The number of hydrogen-bond donors (Lipinski definition) is 0. The molecule has 0 unspecified atom stereocenters. The molecule has 0 amide bonds. The molecule has 0 aliphatic carbocycles. The van der Waals surface area contributed by atoms with E-state index >= 15 is 0 Å². The van der Waals surface area contributed by atoms with Crippen LogP contribution in [0.4, 0.5) is 11.4 Å². The number of aryl methyl sites for hydroxylation is 1. The highest BCUT2D eigenvalue weighted by molar-refractivity contribution is 5.70. The number of nitro benzene ring substituents is 1. The Labute approximate surface area is 145 Å². The van der Waals surface area contributed by atoms with Crippen LogP contribution in [0.3, 0.4) is 0 Å². The van der Waals surface area contributed by atoms with Crippen molar-refractivity contribution < 1.29 is 14.2 Å². The maximum absolute atomic E-state index is 11.5. The van der Waals surface area contributed by atoms with Gasteiger partial charge >= 0.3 is 5.69 Å². The molecule has 1 saturated heterocycles. The highest BCUT2D eigenvalue weighted by Gasteiger charge is 2.27. The van der Waals surface area contributed by atoms with Crippen LogP contribution in [-0.2, 0) is 6.54 Å². The highest BCUT2D eigenvalue weighted by atomic mass is 16.6. The van der Waals surface area contributed by atoms with Gasteiger partial charge in [-0.2, -0.15) is 4.98 Å². The van der Waals surface area contributed by atoms with Gasteiger partial charge in [0.25, 0.3) is 0 Å². The normalized spacial score (nSPS) is 15.4. The summed E-state index contributed by atoms with van der Waals surface area (Å²) in [4.78, 5) is 19.6. The second kappa shape index (κ2) is 7.47.